The van der Waals surface area contributed by atoms with Gasteiger partial charge in [0.05, 0.1) is 5.69 Å². The molecule has 1 fully saturated rings. The molecule has 3 aromatic rings. The zero-order chi connectivity index (χ0) is 22.2. The fraction of sp³-hybridized carbons (Fsp3) is 0.364. The largest absolute Gasteiger partial charge is 0.355 e. The highest BCUT2D eigenvalue weighted by atomic mass is 32.2. The molecule has 1 N–H and O–H groups in total. The van der Waals surface area contributed by atoms with E-state index in [1.807, 2.05) is 26.0 Å². The molecule has 9 heteroatoms. The Bertz CT molecular complexity index is 1210. The van der Waals surface area contributed by atoms with Gasteiger partial charge < -0.3 is 5.32 Å². The van der Waals surface area contributed by atoms with Crippen molar-refractivity contribution in [2.45, 2.75) is 44.6 Å². The van der Waals surface area contributed by atoms with Crippen LogP contribution in [0, 0.1) is 19.7 Å². The van der Waals surface area contributed by atoms with Gasteiger partial charge in [0, 0.05) is 54.5 Å². The number of hydrogen-bond donors (Lipinski definition) is 1. The number of aryl methyl sites for hydroxylation is 3. The van der Waals surface area contributed by atoms with Gasteiger partial charge in [-0.15, -0.1) is 0 Å². The second-order valence-corrected chi connectivity index (χ2v) is 9.75. The molecule has 1 aliphatic rings. The van der Waals surface area contributed by atoms with E-state index in [4.69, 9.17) is 0 Å². The number of anilines is 2. The minimum Gasteiger partial charge on any atom is -0.355 e. The van der Waals surface area contributed by atoms with Crippen LogP contribution in [0.5, 0.6) is 0 Å². The third-order valence-electron chi connectivity index (χ3n) is 5.50. The number of nitrogens with one attached hydrogen (secondary N) is 1. The predicted octanol–water partition coefficient (Wildman–Crippen LogP) is 3.98. The Morgan fingerprint density at radius 3 is 2.71 bits per heavy atom. The molecule has 0 saturated carbocycles. The van der Waals surface area contributed by atoms with Crippen LogP contribution in [-0.4, -0.2) is 40.6 Å². The number of halogens is 1. The Balaban J connectivity index is 1.55. The van der Waals surface area contributed by atoms with E-state index in [9.17, 15) is 12.8 Å². The number of nitrogens with zero attached hydrogens (tertiary/aromatic N) is 4. The van der Waals surface area contributed by atoms with Gasteiger partial charge in [0.2, 0.25) is 10.0 Å². The number of sulfonamides is 1. The van der Waals surface area contributed by atoms with Crippen molar-refractivity contribution in [3.05, 3.63) is 65.5 Å². The molecule has 0 bridgehead atoms. The van der Waals surface area contributed by atoms with Crippen molar-refractivity contribution in [3.8, 4) is 0 Å². The fourth-order valence-electron chi connectivity index (χ4n) is 3.95. The normalized spacial score (nSPS) is 17.2. The van der Waals surface area contributed by atoms with Crippen LogP contribution in [0.15, 0.2) is 47.5 Å². The summed E-state index contributed by atoms with van der Waals surface area (Å²) in [6, 6.07) is 10.1. The molecule has 1 aromatic carbocycles. The highest BCUT2D eigenvalue weighted by Gasteiger charge is 2.35. The number of pyridine rings is 1. The first-order chi connectivity index (χ1) is 14.8. The molecule has 0 aliphatic carbocycles. The van der Waals surface area contributed by atoms with Gasteiger partial charge in [0.1, 0.15) is 10.7 Å². The Labute approximate surface area is 182 Å². The van der Waals surface area contributed by atoms with Gasteiger partial charge in [-0.2, -0.15) is 9.40 Å². The molecule has 3 heterocycles. The summed E-state index contributed by atoms with van der Waals surface area (Å²) in [5, 5.41) is 7.49. The Hall–Kier alpha value is -2.78. The molecular weight excluding hydrogens is 417 g/mol. The lowest BCUT2D eigenvalue weighted by molar-refractivity contribution is 0.471. The van der Waals surface area contributed by atoms with Crippen molar-refractivity contribution >= 4 is 21.4 Å². The lowest BCUT2D eigenvalue weighted by atomic mass is 10.0. The SMILES string of the molecule is CCn1cc(S(=O)(=O)N2CC[C@H](c3cc(Nc4cccc(F)c4)cc(C)n3)C2)c(C)n1. The lowest BCUT2D eigenvalue weighted by Crippen LogP contribution is -2.29. The van der Waals surface area contributed by atoms with E-state index in [2.05, 4.69) is 15.4 Å². The minimum atomic E-state index is -3.61. The summed E-state index contributed by atoms with van der Waals surface area (Å²) >= 11 is 0. The van der Waals surface area contributed by atoms with E-state index < -0.39 is 10.0 Å². The van der Waals surface area contributed by atoms with E-state index >= 15 is 0 Å². The molecule has 31 heavy (non-hydrogen) atoms. The van der Waals surface area contributed by atoms with Crippen LogP contribution in [0.1, 0.15) is 36.3 Å². The van der Waals surface area contributed by atoms with Gasteiger partial charge in [-0.1, -0.05) is 6.07 Å². The summed E-state index contributed by atoms with van der Waals surface area (Å²) < 4.78 is 43.0. The topological polar surface area (TPSA) is 80.1 Å². The minimum absolute atomic E-state index is 0.00994. The number of hydrogen-bond acceptors (Lipinski definition) is 5. The van der Waals surface area contributed by atoms with Crippen molar-refractivity contribution in [2.75, 3.05) is 18.4 Å². The van der Waals surface area contributed by atoms with Gasteiger partial charge in [-0.25, -0.2) is 12.8 Å². The average Bonchev–Trinajstić information content (AvgIpc) is 3.35. The molecule has 0 unspecified atom stereocenters. The maximum atomic E-state index is 13.5. The summed E-state index contributed by atoms with van der Waals surface area (Å²) in [4.78, 5) is 4.91. The molecule has 2 aromatic heterocycles. The molecule has 0 spiro atoms. The van der Waals surface area contributed by atoms with Crippen LogP contribution in [0.3, 0.4) is 0 Å². The van der Waals surface area contributed by atoms with Crippen molar-refractivity contribution in [1.29, 1.82) is 0 Å². The zero-order valence-electron chi connectivity index (χ0n) is 17.8. The van der Waals surface area contributed by atoms with Gasteiger partial charge in [0.25, 0.3) is 0 Å². The maximum absolute atomic E-state index is 13.5. The first-order valence-corrected chi connectivity index (χ1v) is 11.8. The van der Waals surface area contributed by atoms with Crippen molar-refractivity contribution < 1.29 is 12.8 Å². The van der Waals surface area contributed by atoms with Crippen LogP contribution < -0.4 is 5.32 Å². The Morgan fingerprint density at radius 1 is 1.19 bits per heavy atom. The van der Waals surface area contributed by atoms with E-state index in [1.165, 1.54) is 16.4 Å². The van der Waals surface area contributed by atoms with E-state index in [-0.39, 0.29) is 16.6 Å². The Kier molecular flexibility index (Phi) is 5.81. The van der Waals surface area contributed by atoms with Crippen molar-refractivity contribution in [1.82, 2.24) is 19.1 Å². The molecule has 164 valence electrons. The molecule has 1 aliphatic heterocycles. The van der Waals surface area contributed by atoms with Gasteiger partial charge in [-0.05, 0) is 57.5 Å². The van der Waals surface area contributed by atoms with Gasteiger partial charge in [-0.3, -0.25) is 9.67 Å². The zero-order valence-corrected chi connectivity index (χ0v) is 18.7. The lowest BCUT2D eigenvalue weighted by Gasteiger charge is -2.17. The van der Waals surface area contributed by atoms with Crippen molar-refractivity contribution in [2.24, 2.45) is 0 Å². The highest BCUT2D eigenvalue weighted by molar-refractivity contribution is 7.89. The third-order valence-corrected chi connectivity index (χ3v) is 7.47. The van der Waals surface area contributed by atoms with E-state index in [0.717, 1.165) is 17.1 Å². The number of aromatic nitrogens is 3. The second kappa shape index (κ2) is 8.39. The molecular formula is C22H26FN5O2S. The standard InChI is InChI=1S/C22H26FN5O2S/c1-4-27-14-22(16(3)26-27)31(29,30)28-9-8-17(13-28)21-12-20(10-15(2)24-21)25-19-7-5-6-18(23)11-19/h5-7,10-12,14,17H,4,8-9,13H2,1-3H3,(H,24,25)/t17-/m0/s1. The third kappa shape index (κ3) is 4.47. The molecule has 4 rings (SSSR count). The van der Waals surface area contributed by atoms with Crippen LogP contribution in [0.25, 0.3) is 0 Å². The first kappa shape index (κ1) is 21.5. The molecule has 1 atom stereocenters. The second-order valence-electron chi connectivity index (χ2n) is 7.84. The molecule has 0 amide bonds. The first-order valence-electron chi connectivity index (χ1n) is 10.3. The smallest absolute Gasteiger partial charge is 0.246 e. The van der Waals surface area contributed by atoms with Gasteiger partial charge in [0.15, 0.2) is 0 Å². The van der Waals surface area contributed by atoms with E-state index in [0.29, 0.717) is 37.4 Å². The monoisotopic (exact) mass is 443 g/mol. The molecule has 1 saturated heterocycles. The van der Waals surface area contributed by atoms with Crippen LogP contribution >= 0.6 is 0 Å². The maximum Gasteiger partial charge on any atom is 0.246 e. The summed E-state index contributed by atoms with van der Waals surface area (Å²) in [7, 11) is -3.61. The highest BCUT2D eigenvalue weighted by Crippen LogP contribution is 2.32. The number of benzene rings is 1. The number of rotatable bonds is 6. The molecule has 0 radical (unpaired) electrons. The summed E-state index contributed by atoms with van der Waals surface area (Å²) in [6.45, 7) is 6.97. The van der Waals surface area contributed by atoms with Crippen LogP contribution in [0.4, 0.5) is 15.8 Å². The van der Waals surface area contributed by atoms with Crippen LogP contribution in [-0.2, 0) is 16.6 Å². The molecule has 7 nitrogen and oxygen atoms in total. The predicted molar refractivity (Wildman–Crippen MR) is 117 cm³/mol. The van der Waals surface area contributed by atoms with Gasteiger partial charge >= 0.3 is 0 Å². The summed E-state index contributed by atoms with van der Waals surface area (Å²) in [6.07, 6.45) is 2.29. The fourth-order valence-corrected chi connectivity index (χ4v) is 5.62. The van der Waals surface area contributed by atoms with E-state index in [1.54, 1.807) is 29.9 Å². The van der Waals surface area contributed by atoms with Crippen molar-refractivity contribution in [3.63, 3.8) is 0 Å². The Morgan fingerprint density at radius 2 is 2.00 bits per heavy atom. The van der Waals surface area contributed by atoms with Crippen LogP contribution in [0.2, 0.25) is 0 Å². The quantitative estimate of drug-likeness (QED) is 0.623. The average molecular weight is 444 g/mol. The summed E-state index contributed by atoms with van der Waals surface area (Å²) in [5.74, 6) is -0.321. The summed E-state index contributed by atoms with van der Waals surface area (Å²) in [5.41, 5.74) is 3.61.